The van der Waals surface area contributed by atoms with Crippen LogP contribution in [0.3, 0.4) is 0 Å². The Bertz CT molecular complexity index is 510. The number of amides is 1. The molecule has 0 atom stereocenters. The zero-order valence-electron chi connectivity index (χ0n) is 11.1. The van der Waals surface area contributed by atoms with Crippen molar-refractivity contribution in [1.82, 2.24) is 4.90 Å². The van der Waals surface area contributed by atoms with E-state index in [0.29, 0.717) is 17.7 Å². The van der Waals surface area contributed by atoms with Gasteiger partial charge in [0, 0.05) is 19.0 Å². The third kappa shape index (κ3) is 2.61. The highest BCUT2D eigenvalue weighted by Gasteiger charge is 2.38. The lowest BCUT2D eigenvalue weighted by atomic mass is 9.69. The summed E-state index contributed by atoms with van der Waals surface area (Å²) in [4.78, 5) is 14.0. The molecule has 1 fully saturated rings. The van der Waals surface area contributed by atoms with E-state index < -0.39 is 0 Å². The SMILES string of the molecule is CN(CC1(CO)CCC1)C(=O)c1ccccc1C#N. The monoisotopic (exact) mass is 258 g/mol. The highest BCUT2D eigenvalue weighted by atomic mass is 16.3. The van der Waals surface area contributed by atoms with Crippen molar-refractivity contribution >= 4 is 5.91 Å². The highest BCUT2D eigenvalue weighted by molar-refractivity contribution is 5.96. The van der Waals surface area contributed by atoms with Crippen LogP contribution in [0.1, 0.15) is 35.2 Å². The minimum atomic E-state index is -0.156. The van der Waals surface area contributed by atoms with Gasteiger partial charge >= 0.3 is 0 Å². The Morgan fingerprint density at radius 2 is 2.16 bits per heavy atom. The molecule has 1 amide bonds. The molecule has 4 heteroatoms. The number of hydrogen-bond donors (Lipinski definition) is 1. The van der Waals surface area contributed by atoms with Gasteiger partial charge in [-0.25, -0.2) is 0 Å². The van der Waals surface area contributed by atoms with E-state index in [1.54, 1.807) is 36.2 Å². The van der Waals surface area contributed by atoms with Gasteiger partial charge in [0.05, 0.1) is 23.8 Å². The van der Waals surface area contributed by atoms with Crippen LogP contribution in [0, 0.1) is 16.7 Å². The summed E-state index contributed by atoms with van der Waals surface area (Å²) in [5.74, 6) is -0.156. The third-order valence-corrected chi connectivity index (χ3v) is 3.95. The van der Waals surface area contributed by atoms with E-state index in [2.05, 4.69) is 0 Å². The number of carbonyl (C=O) groups excluding carboxylic acids is 1. The number of nitrogens with zero attached hydrogens (tertiary/aromatic N) is 2. The van der Waals surface area contributed by atoms with Crippen molar-refractivity contribution in [3.63, 3.8) is 0 Å². The first kappa shape index (κ1) is 13.6. The molecule has 0 aliphatic heterocycles. The zero-order chi connectivity index (χ0) is 13.9. The Morgan fingerprint density at radius 1 is 1.47 bits per heavy atom. The van der Waals surface area contributed by atoms with Crippen molar-refractivity contribution in [2.75, 3.05) is 20.2 Å². The van der Waals surface area contributed by atoms with Gasteiger partial charge in [-0.05, 0) is 25.0 Å². The second-order valence-corrected chi connectivity index (χ2v) is 5.33. The van der Waals surface area contributed by atoms with Crippen LogP contribution < -0.4 is 0 Å². The maximum atomic E-state index is 12.4. The lowest BCUT2D eigenvalue weighted by molar-refractivity contribution is 0.0146. The van der Waals surface area contributed by atoms with Gasteiger partial charge in [-0.2, -0.15) is 5.26 Å². The van der Waals surface area contributed by atoms with Crippen LogP contribution in [-0.4, -0.2) is 36.1 Å². The second-order valence-electron chi connectivity index (χ2n) is 5.33. The number of benzene rings is 1. The van der Waals surface area contributed by atoms with E-state index >= 15 is 0 Å². The average molecular weight is 258 g/mol. The molecule has 0 bridgehead atoms. The minimum absolute atomic E-state index is 0.116. The molecule has 0 spiro atoms. The second kappa shape index (κ2) is 5.41. The summed E-state index contributed by atoms with van der Waals surface area (Å²) in [5.41, 5.74) is 0.692. The molecule has 1 aromatic rings. The quantitative estimate of drug-likeness (QED) is 0.895. The summed E-state index contributed by atoms with van der Waals surface area (Å²) in [5, 5.41) is 18.5. The maximum Gasteiger partial charge on any atom is 0.254 e. The Hall–Kier alpha value is -1.86. The lowest BCUT2D eigenvalue weighted by Gasteiger charge is -2.42. The number of aliphatic hydroxyl groups is 1. The van der Waals surface area contributed by atoms with Gasteiger partial charge in [0.25, 0.3) is 5.91 Å². The Balaban J connectivity index is 2.13. The fourth-order valence-corrected chi connectivity index (χ4v) is 2.59. The molecule has 0 saturated heterocycles. The van der Waals surface area contributed by atoms with Gasteiger partial charge in [0.1, 0.15) is 0 Å². The van der Waals surface area contributed by atoms with Crippen molar-refractivity contribution in [1.29, 1.82) is 5.26 Å². The molecular formula is C15H18N2O2. The molecule has 2 rings (SSSR count). The van der Waals surface area contributed by atoms with Crippen molar-refractivity contribution in [3.05, 3.63) is 35.4 Å². The topological polar surface area (TPSA) is 64.3 Å². The lowest BCUT2D eigenvalue weighted by Crippen LogP contribution is -2.45. The van der Waals surface area contributed by atoms with Crippen LogP contribution in [0.5, 0.6) is 0 Å². The summed E-state index contributed by atoms with van der Waals surface area (Å²) in [6.07, 6.45) is 3.03. The third-order valence-electron chi connectivity index (χ3n) is 3.95. The van der Waals surface area contributed by atoms with Crippen LogP contribution >= 0.6 is 0 Å². The number of hydrogen-bond acceptors (Lipinski definition) is 3. The highest BCUT2D eigenvalue weighted by Crippen LogP contribution is 2.41. The molecule has 0 aromatic heterocycles. The van der Waals surface area contributed by atoms with Crippen molar-refractivity contribution in [3.8, 4) is 6.07 Å². The van der Waals surface area contributed by atoms with E-state index in [-0.39, 0.29) is 17.9 Å². The summed E-state index contributed by atoms with van der Waals surface area (Å²) < 4.78 is 0. The standard InChI is InChI=1S/C15H18N2O2/c1-17(10-15(11-18)7-4-8-15)14(19)13-6-3-2-5-12(13)9-16/h2-3,5-6,18H,4,7-8,10-11H2,1H3. The molecule has 100 valence electrons. The molecule has 0 heterocycles. The predicted molar refractivity (Wildman–Crippen MR) is 71.5 cm³/mol. The van der Waals surface area contributed by atoms with E-state index in [4.69, 9.17) is 5.26 Å². The average Bonchev–Trinajstić information content (AvgIpc) is 2.41. The van der Waals surface area contributed by atoms with Crippen LogP contribution in [0.15, 0.2) is 24.3 Å². The molecule has 4 nitrogen and oxygen atoms in total. The molecule has 1 aliphatic rings. The Morgan fingerprint density at radius 3 is 2.68 bits per heavy atom. The van der Waals surface area contributed by atoms with E-state index in [0.717, 1.165) is 19.3 Å². The number of rotatable bonds is 4. The molecule has 1 saturated carbocycles. The zero-order valence-corrected chi connectivity index (χ0v) is 11.1. The predicted octanol–water partition coefficient (Wildman–Crippen LogP) is 1.79. The van der Waals surface area contributed by atoms with Gasteiger partial charge in [-0.3, -0.25) is 4.79 Å². The summed E-state index contributed by atoms with van der Waals surface area (Å²) >= 11 is 0. The summed E-state index contributed by atoms with van der Waals surface area (Å²) in [6.45, 7) is 0.659. The van der Waals surface area contributed by atoms with E-state index in [1.165, 1.54) is 0 Å². The molecule has 19 heavy (non-hydrogen) atoms. The van der Waals surface area contributed by atoms with Crippen LogP contribution in [-0.2, 0) is 0 Å². The van der Waals surface area contributed by atoms with Gasteiger partial charge in [-0.1, -0.05) is 18.6 Å². The van der Waals surface area contributed by atoms with Crippen molar-refractivity contribution < 1.29 is 9.90 Å². The molecule has 1 N–H and O–H groups in total. The first-order valence-electron chi connectivity index (χ1n) is 6.47. The number of aliphatic hydroxyl groups excluding tert-OH is 1. The van der Waals surface area contributed by atoms with E-state index in [1.807, 2.05) is 6.07 Å². The fraction of sp³-hybridized carbons (Fsp3) is 0.467. The van der Waals surface area contributed by atoms with Gasteiger partial charge < -0.3 is 10.0 Å². The maximum absolute atomic E-state index is 12.4. The minimum Gasteiger partial charge on any atom is -0.396 e. The molecular weight excluding hydrogens is 240 g/mol. The van der Waals surface area contributed by atoms with Crippen LogP contribution in [0.25, 0.3) is 0 Å². The van der Waals surface area contributed by atoms with Gasteiger partial charge in [-0.15, -0.1) is 0 Å². The molecule has 0 unspecified atom stereocenters. The number of carbonyl (C=O) groups is 1. The Labute approximate surface area is 113 Å². The first-order chi connectivity index (χ1) is 9.12. The largest absolute Gasteiger partial charge is 0.396 e. The fourth-order valence-electron chi connectivity index (χ4n) is 2.59. The summed E-state index contributed by atoms with van der Waals surface area (Å²) in [6, 6.07) is 8.86. The molecule has 1 aromatic carbocycles. The van der Waals surface area contributed by atoms with Crippen LogP contribution in [0.2, 0.25) is 0 Å². The van der Waals surface area contributed by atoms with Gasteiger partial charge in [0.15, 0.2) is 0 Å². The number of nitriles is 1. The van der Waals surface area contributed by atoms with Crippen molar-refractivity contribution in [2.24, 2.45) is 5.41 Å². The first-order valence-corrected chi connectivity index (χ1v) is 6.47. The Kier molecular flexibility index (Phi) is 3.87. The summed E-state index contributed by atoms with van der Waals surface area (Å²) in [7, 11) is 1.73. The van der Waals surface area contributed by atoms with Crippen molar-refractivity contribution in [2.45, 2.75) is 19.3 Å². The smallest absolute Gasteiger partial charge is 0.254 e. The molecule has 0 radical (unpaired) electrons. The van der Waals surface area contributed by atoms with Gasteiger partial charge in [0.2, 0.25) is 0 Å². The van der Waals surface area contributed by atoms with Crippen LogP contribution in [0.4, 0.5) is 0 Å². The normalized spacial score (nSPS) is 16.3. The molecule has 1 aliphatic carbocycles. The van der Waals surface area contributed by atoms with E-state index in [9.17, 15) is 9.90 Å².